The first-order chi connectivity index (χ1) is 14.0. The van der Waals surface area contributed by atoms with Gasteiger partial charge in [0.05, 0.1) is 37.9 Å². The van der Waals surface area contributed by atoms with Crippen LogP contribution in [0.15, 0.2) is 12.3 Å². The summed E-state index contributed by atoms with van der Waals surface area (Å²) >= 11 is 0. The zero-order chi connectivity index (χ0) is 22.1. The summed E-state index contributed by atoms with van der Waals surface area (Å²) in [5.41, 5.74) is 0.887. The van der Waals surface area contributed by atoms with Gasteiger partial charge in [-0.15, -0.1) is 0 Å². The molecule has 30 heavy (non-hydrogen) atoms. The maximum atomic E-state index is 13.0. The number of carbonyl (C=O) groups is 2. The predicted octanol–water partition coefficient (Wildman–Crippen LogP) is 2.50. The molecule has 0 radical (unpaired) electrons. The lowest BCUT2D eigenvalue weighted by molar-refractivity contribution is 0.0000305. The highest BCUT2D eigenvalue weighted by atomic mass is 19.3. The van der Waals surface area contributed by atoms with E-state index in [4.69, 9.17) is 9.47 Å². The van der Waals surface area contributed by atoms with Crippen molar-refractivity contribution in [2.45, 2.75) is 51.6 Å². The van der Waals surface area contributed by atoms with E-state index in [0.717, 1.165) is 9.36 Å². The smallest absolute Gasteiger partial charge is 0.358 e. The number of fused-ring (bicyclic) bond motifs is 2. The second kappa shape index (κ2) is 8.07. The Morgan fingerprint density at radius 1 is 1.00 bits per heavy atom. The number of aromatic nitrogens is 4. The molecule has 4 heterocycles. The van der Waals surface area contributed by atoms with Crippen molar-refractivity contribution < 1.29 is 36.6 Å². The molecule has 0 aromatic carbocycles. The number of hydrogen-bond donors (Lipinski definition) is 0. The molecule has 0 N–H and O–H groups in total. The van der Waals surface area contributed by atoms with Crippen LogP contribution in [0.3, 0.4) is 0 Å². The fourth-order valence-electron chi connectivity index (χ4n) is 3.21. The Balaban J connectivity index is 0.000000171. The third-order valence-electron chi connectivity index (χ3n) is 4.42. The monoisotopic (exact) mass is 432 g/mol. The van der Waals surface area contributed by atoms with Gasteiger partial charge in [-0.05, 0) is 19.9 Å². The molecule has 0 amide bonds. The van der Waals surface area contributed by atoms with E-state index in [1.165, 1.54) is 12.3 Å². The van der Waals surface area contributed by atoms with Crippen molar-refractivity contribution in [3.05, 3.63) is 34.9 Å². The van der Waals surface area contributed by atoms with Crippen molar-refractivity contribution in [3.63, 3.8) is 0 Å². The number of alkyl halides is 4. The van der Waals surface area contributed by atoms with Gasteiger partial charge >= 0.3 is 11.9 Å². The van der Waals surface area contributed by atoms with E-state index in [2.05, 4.69) is 10.2 Å². The van der Waals surface area contributed by atoms with E-state index in [9.17, 15) is 27.2 Å². The van der Waals surface area contributed by atoms with Crippen molar-refractivity contribution >= 4 is 11.9 Å². The third kappa shape index (κ3) is 4.62. The van der Waals surface area contributed by atoms with Crippen molar-refractivity contribution in [2.24, 2.45) is 0 Å². The number of esters is 2. The first kappa shape index (κ1) is 21.8. The number of rotatable bonds is 4. The molecule has 4 rings (SSSR count). The largest absolute Gasteiger partial charge is 0.462 e. The first-order valence-electron chi connectivity index (χ1n) is 9.26. The second-order valence-electron chi connectivity index (χ2n) is 6.85. The van der Waals surface area contributed by atoms with Crippen molar-refractivity contribution in [1.82, 2.24) is 19.6 Å². The molecule has 0 aliphatic carbocycles. The molecular formula is C18H20F4N4O4. The molecular weight excluding hydrogens is 412 g/mol. The van der Waals surface area contributed by atoms with E-state index in [-0.39, 0.29) is 36.6 Å². The summed E-state index contributed by atoms with van der Waals surface area (Å²) in [5, 5.41) is 7.50. The number of halogens is 4. The van der Waals surface area contributed by atoms with E-state index in [1.807, 2.05) is 0 Å². The van der Waals surface area contributed by atoms with Crippen LogP contribution in [0.4, 0.5) is 17.6 Å². The molecule has 0 saturated heterocycles. The molecule has 0 bridgehead atoms. The fraction of sp³-hybridized carbons (Fsp3) is 0.556. The predicted molar refractivity (Wildman–Crippen MR) is 93.7 cm³/mol. The molecule has 12 heteroatoms. The topological polar surface area (TPSA) is 88.2 Å². The van der Waals surface area contributed by atoms with Crippen LogP contribution in [-0.2, 0) is 35.4 Å². The minimum Gasteiger partial charge on any atom is -0.462 e. The highest BCUT2D eigenvalue weighted by Gasteiger charge is 2.41. The summed E-state index contributed by atoms with van der Waals surface area (Å²) in [7, 11) is 0. The van der Waals surface area contributed by atoms with Gasteiger partial charge in [-0.1, -0.05) is 0 Å². The quantitative estimate of drug-likeness (QED) is 0.545. The van der Waals surface area contributed by atoms with Gasteiger partial charge in [-0.2, -0.15) is 10.2 Å². The molecule has 0 spiro atoms. The summed E-state index contributed by atoms with van der Waals surface area (Å²) in [6.07, 6.45) is 0.475. The molecule has 2 aromatic rings. The Morgan fingerprint density at radius 3 is 2.23 bits per heavy atom. The van der Waals surface area contributed by atoms with Gasteiger partial charge in [0.25, 0.3) is 11.8 Å². The highest BCUT2D eigenvalue weighted by molar-refractivity contribution is 5.90. The lowest BCUT2D eigenvalue weighted by atomic mass is 10.1. The Hall–Kier alpha value is -2.92. The molecule has 0 unspecified atom stereocenters. The van der Waals surface area contributed by atoms with Crippen molar-refractivity contribution in [1.29, 1.82) is 0 Å². The molecule has 8 nitrogen and oxygen atoms in total. The Morgan fingerprint density at radius 2 is 1.60 bits per heavy atom. The average Bonchev–Trinajstić information content (AvgIpc) is 3.32. The summed E-state index contributed by atoms with van der Waals surface area (Å²) in [6, 6.07) is 1.36. The molecule has 0 fully saturated rings. The van der Waals surface area contributed by atoms with Crippen LogP contribution in [-0.4, -0.2) is 56.6 Å². The maximum Gasteiger partial charge on any atom is 0.358 e. The molecule has 2 aliphatic rings. The van der Waals surface area contributed by atoms with Crippen molar-refractivity contribution in [3.8, 4) is 0 Å². The van der Waals surface area contributed by atoms with Gasteiger partial charge in [0.1, 0.15) is 18.7 Å². The molecule has 2 aliphatic heterocycles. The van der Waals surface area contributed by atoms with Crippen LogP contribution in [0.2, 0.25) is 0 Å². The summed E-state index contributed by atoms with van der Waals surface area (Å²) < 4.78 is 63.5. The van der Waals surface area contributed by atoms with Gasteiger partial charge in [-0.25, -0.2) is 27.2 Å². The van der Waals surface area contributed by atoms with E-state index >= 15 is 0 Å². The minimum absolute atomic E-state index is 0.0994. The van der Waals surface area contributed by atoms with Crippen LogP contribution in [0.5, 0.6) is 0 Å². The summed E-state index contributed by atoms with van der Waals surface area (Å²) in [5.74, 6) is -6.69. The summed E-state index contributed by atoms with van der Waals surface area (Å²) in [6.45, 7) is 2.90. The average molecular weight is 432 g/mol. The number of ether oxygens (including phenoxy) is 2. The van der Waals surface area contributed by atoms with E-state index < -0.39 is 43.3 Å². The second-order valence-corrected chi connectivity index (χ2v) is 6.85. The summed E-state index contributed by atoms with van der Waals surface area (Å²) in [4.78, 5) is 22.6. The zero-order valence-electron chi connectivity index (χ0n) is 16.3. The SMILES string of the molecule is CCOC(=O)c1cc2n(n1)CC(F)(F)C2.CCOC(=O)c1cnn2c1CC(F)(F)C2. The van der Waals surface area contributed by atoms with Crippen LogP contribution >= 0.6 is 0 Å². The Kier molecular flexibility index (Phi) is 5.86. The Labute approximate surface area is 168 Å². The van der Waals surface area contributed by atoms with Crippen molar-refractivity contribution in [2.75, 3.05) is 13.2 Å². The van der Waals surface area contributed by atoms with Gasteiger partial charge in [0, 0.05) is 5.69 Å². The first-order valence-corrected chi connectivity index (χ1v) is 9.26. The van der Waals surface area contributed by atoms with Gasteiger partial charge in [0.15, 0.2) is 5.69 Å². The third-order valence-corrected chi connectivity index (χ3v) is 4.42. The molecule has 0 atom stereocenters. The van der Waals surface area contributed by atoms with Crippen LogP contribution in [0.1, 0.15) is 46.1 Å². The zero-order valence-corrected chi connectivity index (χ0v) is 16.3. The lowest BCUT2D eigenvalue weighted by Crippen LogP contribution is -2.18. The minimum atomic E-state index is -2.80. The Bertz CT molecular complexity index is 929. The molecule has 2 aromatic heterocycles. The molecule has 0 saturated carbocycles. The fourth-order valence-corrected chi connectivity index (χ4v) is 3.21. The van der Waals surface area contributed by atoms with Crippen LogP contribution < -0.4 is 0 Å². The number of hydrogen-bond acceptors (Lipinski definition) is 6. The lowest BCUT2D eigenvalue weighted by Gasteiger charge is -2.05. The van der Waals surface area contributed by atoms with E-state index in [1.54, 1.807) is 13.8 Å². The standard InChI is InChI=1S/2C9H10F2N2O2/c1-2-15-8(14)6-4-12-13-5-9(10,11)3-7(6)13;1-2-15-8(14)7-3-6-4-9(10,11)5-13(6)12-7/h4H,2-3,5H2,1H3;3H,2,4-5H2,1H3. The highest BCUT2D eigenvalue weighted by Crippen LogP contribution is 2.31. The van der Waals surface area contributed by atoms with E-state index in [0.29, 0.717) is 5.69 Å². The number of nitrogens with zero attached hydrogens (tertiary/aromatic N) is 4. The normalized spacial score (nSPS) is 17.5. The number of carbonyl (C=O) groups excluding carboxylic acids is 2. The van der Waals surface area contributed by atoms with Gasteiger partial charge in [0.2, 0.25) is 0 Å². The van der Waals surface area contributed by atoms with Gasteiger partial charge in [-0.3, -0.25) is 9.36 Å². The van der Waals surface area contributed by atoms with Crippen LogP contribution in [0.25, 0.3) is 0 Å². The van der Waals surface area contributed by atoms with Crippen LogP contribution in [0, 0.1) is 0 Å². The molecule has 164 valence electrons. The maximum absolute atomic E-state index is 13.0. The van der Waals surface area contributed by atoms with Gasteiger partial charge < -0.3 is 9.47 Å².